The third-order valence-electron chi connectivity index (χ3n) is 16.2. The highest BCUT2D eigenvalue weighted by molar-refractivity contribution is 5.86. The molecule has 13 rings (SSSR count). The van der Waals surface area contributed by atoms with Crippen molar-refractivity contribution in [3.05, 3.63) is 212 Å². The molecule has 75 heavy (non-hydrogen) atoms. The van der Waals surface area contributed by atoms with Crippen LogP contribution in [0.25, 0.3) is 67.2 Å². The number of nitrogens with zero attached hydrogens (tertiary/aromatic N) is 6. The number of fused-ring (bicyclic) bond motifs is 9. The van der Waals surface area contributed by atoms with Crippen LogP contribution in [-0.2, 0) is 40.4 Å². The topological polar surface area (TPSA) is 50.3 Å². The first-order chi connectivity index (χ1) is 38.9. The molecule has 0 unspecified atom stereocenters. The van der Waals surface area contributed by atoms with E-state index in [1.165, 1.54) is 120 Å². The molecule has 9 aromatic rings. The summed E-state index contributed by atoms with van der Waals surface area (Å²) in [5, 5.41) is 0. The molecule has 6 heterocycles. The first-order valence-electron chi connectivity index (χ1n) is 30.2. The van der Waals surface area contributed by atoms with Gasteiger partial charge in [-0.15, -0.1) is 0 Å². The van der Waals surface area contributed by atoms with Gasteiger partial charge in [-0.2, -0.15) is 0 Å². The van der Waals surface area contributed by atoms with Gasteiger partial charge in [-0.3, -0.25) is 15.0 Å². The predicted octanol–water partition coefficient (Wildman–Crippen LogP) is 14.3. The zero-order valence-electron chi connectivity index (χ0n) is 52.4. The Morgan fingerprint density at radius 3 is 1.35 bits per heavy atom. The Kier molecular flexibility index (Phi) is 11.2. The van der Waals surface area contributed by atoms with Crippen LogP contribution < -0.4 is 13.7 Å². The Hall–Kier alpha value is -7.44. The quantitative estimate of drug-likeness (QED) is 0.165. The molecule has 0 bridgehead atoms. The van der Waals surface area contributed by atoms with Crippen molar-refractivity contribution in [3.8, 4) is 67.2 Å². The maximum absolute atomic E-state index is 9.11. The Balaban J connectivity index is 0.000000129. The van der Waals surface area contributed by atoms with Gasteiger partial charge in [0.05, 0.1) is 33.8 Å². The Bertz CT molecular complexity index is 4060. The SMILES string of the molecule is [2H]C([2H])([2H])c1c[n+](C)c(-c2c(C)ccc3c2Cc2nc(C)ccc2-3)cc1C.[2H]C([2H])([2H])c1ccc(-c2c(C)ccc3c2Cc2nc(C)ccc2-3)[n+](C)c1.[2H]C1(c2cc[n+](C)c(-c3c(C)ccc4c3Cc3nc(C)ccc3-4)c2)CCCCC1. The second-order valence-corrected chi connectivity index (χ2v) is 21.6. The first-order valence-corrected chi connectivity index (χ1v) is 26.7. The van der Waals surface area contributed by atoms with Crippen LogP contribution in [0.4, 0.5) is 0 Å². The van der Waals surface area contributed by atoms with E-state index in [2.05, 4.69) is 130 Å². The number of rotatable bonds is 4. The van der Waals surface area contributed by atoms with Crippen LogP contribution in [0.15, 0.2) is 122 Å². The summed E-state index contributed by atoms with van der Waals surface area (Å²) >= 11 is 0. The van der Waals surface area contributed by atoms with Crippen molar-refractivity contribution in [1.29, 1.82) is 0 Å². The van der Waals surface area contributed by atoms with E-state index in [1.807, 2.05) is 56.1 Å². The van der Waals surface area contributed by atoms with Crippen molar-refractivity contribution in [3.63, 3.8) is 0 Å². The Morgan fingerprint density at radius 1 is 0.427 bits per heavy atom. The molecule has 0 N–H and O–H groups in total. The van der Waals surface area contributed by atoms with Gasteiger partial charge in [0.2, 0.25) is 17.1 Å². The fourth-order valence-corrected chi connectivity index (χ4v) is 12.3. The van der Waals surface area contributed by atoms with E-state index >= 15 is 0 Å². The summed E-state index contributed by atoms with van der Waals surface area (Å²) in [4.78, 5) is 14.3. The highest BCUT2D eigenvalue weighted by Gasteiger charge is 2.31. The van der Waals surface area contributed by atoms with Gasteiger partial charge in [0.15, 0.2) is 18.6 Å². The molecule has 0 atom stereocenters. The summed E-state index contributed by atoms with van der Waals surface area (Å²) in [6, 6.07) is 36.0. The third-order valence-corrected chi connectivity index (χ3v) is 16.2. The number of pyridine rings is 6. The minimum Gasteiger partial charge on any atom is -0.257 e. The van der Waals surface area contributed by atoms with Gasteiger partial charge in [-0.05, 0) is 166 Å². The average molecular weight is 993 g/mol. The van der Waals surface area contributed by atoms with E-state index in [0.717, 1.165) is 77.5 Å². The monoisotopic (exact) mass is 993 g/mol. The van der Waals surface area contributed by atoms with Gasteiger partial charge in [0.25, 0.3) is 0 Å². The molecule has 3 aromatic carbocycles. The summed E-state index contributed by atoms with van der Waals surface area (Å²) in [6.07, 6.45) is 13.7. The van der Waals surface area contributed by atoms with Gasteiger partial charge >= 0.3 is 0 Å². The second kappa shape index (κ2) is 20.0. The van der Waals surface area contributed by atoms with E-state index in [0.29, 0.717) is 11.1 Å². The standard InChI is InChI=1S/C26H29N2.C22H23N2.C21H21N2/c1-17-9-11-21-22-12-10-18(2)27-24(22)16-23(21)26(17)25-15-20(13-14-28(25)3)19-7-5-4-6-8-19;1-13-6-8-17-18-9-7-16(4)23-20(18)11-19(17)22(13)21-10-14(2)15(3)12-24(21)5;1-13-5-10-20(23(4)12-13)21-14(2)6-8-16-17-9-7-15(3)22-19(17)11-18(16)21/h9-15,19H,4-8,16H2,1-3H3;6-10,12H,11H2,1-5H3;5-10,12H,11H2,1-4H3/q3*+1/i19D;3D3;1D3. The predicted molar refractivity (Wildman–Crippen MR) is 306 cm³/mol. The van der Waals surface area contributed by atoms with Crippen LogP contribution in [0.5, 0.6) is 0 Å². The molecule has 4 aliphatic carbocycles. The lowest BCUT2D eigenvalue weighted by molar-refractivity contribution is -0.660. The fourth-order valence-electron chi connectivity index (χ4n) is 12.3. The summed E-state index contributed by atoms with van der Waals surface area (Å²) in [6.45, 7) is 10.2. The summed E-state index contributed by atoms with van der Waals surface area (Å²) in [5.41, 5.74) is 31.3. The summed E-state index contributed by atoms with van der Waals surface area (Å²) in [5.74, 6) is -0.436. The van der Waals surface area contributed by atoms with E-state index in [1.54, 1.807) is 18.5 Å². The highest BCUT2D eigenvalue weighted by Crippen LogP contribution is 2.45. The number of aromatic nitrogens is 6. The van der Waals surface area contributed by atoms with Gasteiger partial charge in [-0.1, -0.05) is 73.9 Å². The van der Waals surface area contributed by atoms with Gasteiger partial charge in [-0.25, -0.2) is 13.7 Å². The van der Waals surface area contributed by atoms with Gasteiger partial charge < -0.3 is 0 Å². The van der Waals surface area contributed by atoms with Crippen LogP contribution in [0.1, 0.15) is 137 Å². The fraction of sp³-hybridized carbons (Fsp3) is 0.304. The molecule has 0 aliphatic heterocycles. The molecule has 0 saturated heterocycles. The first kappa shape index (κ1) is 41.9. The van der Waals surface area contributed by atoms with Crippen LogP contribution in [0, 0.1) is 62.2 Å². The van der Waals surface area contributed by atoms with E-state index in [4.69, 9.17) is 24.5 Å². The number of aryl methyl sites for hydroxylation is 12. The molecule has 376 valence electrons. The smallest absolute Gasteiger partial charge is 0.213 e. The number of benzene rings is 3. The van der Waals surface area contributed by atoms with Crippen molar-refractivity contribution in [2.75, 3.05) is 0 Å². The van der Waals surface area contributed by atoms with Crippen LogP contribution in [0.2, 0.25) is 0 Å². The van der Waals surface area contributed by atoms with Gasteiger partial charge in [0.1, 0.15) is 21.1 Å². The minimum atomic E-state index is -2.11. The molecule has 0 radical (unpaired) electrons. The molecule has 0 spiro atoms. The zero-order chi connectivity index (χ0) is 58.3. The Morgan fingerprint density at radius 2 is 0.880 bits per heavy atom. The van der Waals surface area contributed by atoms with Crippen LogP contribution in [-0.4, -0.2) is 15.0 Å². The molecule has 1 fully saturated rings. The highest BCUT2D eigenvalue weighted by atomic mass is 14.9. The van der Waals surface area contributed by atoms with E-state index in [9.17, 15) is 0 Å². The molecular weight excluding hydrogens is 913 g/mol. The molecule has 4 aliphatic rings. The van der Waals surface area contributed by atoms with Crippen LogP contribution >= 0.6 is 0 Å². The summed E-state index contributed by atoms with van der Waals surface area (Å²) in [7, 11) is 5.96. The zero-order valence-corrected chi connectivity index (χ0v) is 45.4. The molecule has 0 amide bonds. The molecule has 6 heteroatoms. The van der Waals surface area contributed by atoms with Gasteiger partial charge in [0, 0.05) is 98.0 Å². The molecule has 6 aromatic heterocycles. The van der Waals surface area contributed by atoms with Crippen LogP contribution in [0.3, 0.4) is 0 Å². The lowest BCUT2D eigenvalue weighted by Gasteiger charge is -2.22. The van der Waals surface area contributed by atoms with E-state index < -0.39 is 19.6 Å². The third kappa shape index (κ3) is 9.32. The normalized spacial score (nSPS) is 15.8. The maximum Gasteiger partial charge on any atom is 0.213 e. The molecule has 6 nitrogen and oxygen atoms in total. The van der Waals surface area contributed by atoms with E-state index in [-0.39, 0.29) is 0 Å². The maximum atomic E-state index is 9.11. The van der Waals surface area contributed by atoms with Crippen molar-refractivity contribution < 1.29 is 23.3 Å². The average Bonchev–Trinajstić information content (AvgIpc) is 2.67. The number of hydrogen-bond acceptors (Lipinski definition) is 3. The minimum absolute atomic E-state index is 0.356. The van der Waals surface area contributed by atoms with Crippen molar-refractivity contribution in [2.24, 2.45) is 21.1 Å². The van der Waals surface area contributed by atoms with Crippen molar-refractivity contribution >= 4 is 0 Å². The molecule has 1 saturated carbocycles. The van der Waals surface area contributed by atoms with Crippen molar-refractivity contribution in [2.45, 2.75) is 119 Å². The summed E-state index contributed by atoms with van der Waals surface area (Å²) < 4.78 is 61.4. The second-order valence-electron chi connectivity index (χ2n) is 21.6. The lowest BCUT2D eigenvalue weighted by Crippen LogP contribution is -2.32. The van der Waals surface area contributed by atoms with Crippen molar-refractivity contribution in [1.82, 2.24) is 15.0 Å². The lowest BCUT2D eigenvalue weighted by atomic mass is 9.83. The Labute approximate surface area is 455 Å². The molecular formula is C69H73N6+3. The largest absolute Gasteiger partial charge is 0.257 e. The number of hydrogen-bond donors (Lipinski definition) is 0.